The highest BCUT2D eigenvalue weighted by molar-refractivity contribution is 5.72. The first-order valence-electron chi connectivity index (χ1n) is 7.61. The summed E-state index contributed by atoms with van der Waals surface area (Å²) < 4.78 is 5.43. The largest absolute Gasteiger partial charge is 0.508 e. The van der Waals surface area contributed by atoms with Crippen molar-refractivity contribution in [3.8, 4) is 5.75 Å². The zero-order valence-corrected chi connectivity index (χ0v) is 13.7. The molecule has 0 amide bonds. The number of para-hydroxylation sites is 1. The van der Waals surface area contributed by atoms with E-state index in [0.717, 1.165) is 5.56 Å². The molecule has 3 N–H and O–H groups in total. The molecule has 0 saturated carbocycles. The number of carbonyl (C=O) groups excluding carboxylic acids is 1. The number of carbonyl (C=O) groups is 1. The summed E-state index contributed by atoms with van der Waals surface area (Å²) in [7, 11) is 0. The third-order valence-electron chi connectivity index (χ3n) is 3.42. The number of nitrogen functional groups attached to an aromatic ring is 1. The van der Waals surface area contributed by atoms with Crippen LogP contribution in [0.25, 0.3) is 0 Å². The van der Waals surface area contributed by atoms with Crippen LogP contribution in [0.15, 0.2) is 48.5 Å². The van der Waals surface area contributed by atoms with E-state index >= 15 is 0 Å². The maximum atomic E-state index is 12.3. The first-order chi connectivity index (χ1) is 10.8. The van der Waals surface area contributed by atoms with Crippen molar-refractivity contribution >= 4 is 11.7 Å². The van der Waals surface area contributed by atoms with Crippen molar-refractivity contribution in [3.63, 3.8) is 0 Å². The van der Waals surface area contributed by atoms with Gasteiger partial charge in [-0.15, -0.1) is 0 Å². The number of phenolic OH excluding ortho intramolecular Hbond substituents is 1. The molecule has 4 heteroatoms. The Kier molecular flexibility index (Phi) is 4.94. The maximum absolute atomic E-state index is 12.3. The van der Waals surface area contributed by atoms with E-state index in [2.05, 4.69) is 0 Å². The molecule has 0 spiro atoms. The number of hydrogen-bond donors (Lipinski definition) is 2. The van der Waals surface area contributed by atoms with Crippen LogP contribution in [0.1, 0.15) is 44.2 Å². The third-order valence-corrected chi connectivity index (χ3v) is 3.42. The Morgan fingerprint density at radius 3 is 2.48 bits per heavy atom. The van der Waals surface area contributed by atoms with Crippen molar-refractivity contribution in [1.82, 2.24) is 0 Å². The van der Waals surface area contributed by atoms with Gasteiger partial charge in [0, 0.05) is 17.2 Å². The molecule has 2 aromatic carbocycles. The van der Waals surface area contributed by atoms with E-state index in [4.69, 9.17) is 10.5 Å². The van der Waals surface area contributed by atoms with Crippen LogP contribution in [0, 0.1) is 0 Å². The van der Waals surface area contributed by atoms with E-state index in [0.29, 0.717) is 11.3 Å². The Balaban J connectivity index is 2.36. The Bertz CT molecular complexity index is 689. The van der Waals surface area contributed by atoms with Crippen LogP contribution in [0.2, 0.25) is 0 Å². The summed E-state index contributed by atoms with van der Waals surface area (Å²) in [6, 6.07) is 14.4. The van der Waals surface area contributed by atoms with Gasteiger partial charge in [0.05, 0.1) is 6.42 Å². The summed E-state index contributed by atoms with van der Waals surface area (Å²) >= 11 is 0. The predicted octanol–water partition coefficient (Wildman–Crippen LogP) is 3.84. The molecule has 0 aliphatic heterocycles. The molecule has 4 nitrogen and oxygen atoms in total. The lowest BCUT2D eigenvalue weighted by Gasteiger charge is -2.23. The molecule has 2 aromatic rings. The average molecular weight is 313 g/mol. The summed E-state index contributed by atoms with van der Waals surface area (Å²) in [6.45, 7) is 5.50. The van der Waals surface area contributed by atoms with Gasteiger partial charge in [0.1, 0.15) is 11.4 Å². The number of anilines is 1. The van der Waals surface area contributed by atoms with E-state index < -0.39 is 5.60 Å². The Morgan fingerprint density at radius 2 is 1.87 bits per heavy atom. The Labute approximate surface area is 136 Å². The lowest BCUT2D eigenvalue weighted by atomic mass is 9.87. The van der Waals surface area contributed by atoms with Crippen molar-refractivity contribution in [1.29, 1.82) is 0 Å². The van der Waals surface area contributed by atoms with Crippen LogP contribution in [-0.2, 0) is 9.53 Å². The van der Waals surface area contributed by atoms with Gasteiger partial charge < -0.3 is 15.6 Å². The van der Waals surface area contributed by atoms with Crippen LogP contribution >= 0.6 is 0 Å². The monoisotopic (exact) mass is 313 g/mol. The highest BCUT2D eigenvalue weighted by Gasteiger charge is 2.24. The second-order valence-corrected chi connectivity index (χ2v) is 6.57. The number of benzene rings is 2. The van der Waals surface area contributed by atoms with Gasteiger partial charge in [-0.25, -0.2) is 0 Å². The fourth-order valence-corrected chi connectivity index (χ4v) is 2.52. The average Bonchev–Trinajstić information content (AvgIpc) is 2.44. The summed E-state index contributed by atoms with van der Waals surface area (Å²) in [6.07, 6.45) is 0.137. The predicted molar refractivity (Wildman–Crippen MR) is 91.3 cm³/mol. The number of hydrogen-bond acceptors (Lipinski definition) is 4. The molecule has 23 heavy (non-hydrogen) atoms. The normalized spacial score (nSPS) is 12.7. The van der Waals surface area contributed by atoms with E-state index in [1.165, 1.54) is 0 Å². The number of rotatable bonds is 4. The van der Waals surface area contributed by atoms with Gasteiger partial charge in [-0.1, -0.05) is 30.3 Å². The molecular formula is C19H23NO3. The maximum Gasteiger partial charge on any atom is 0.307 e. The number of esters is 1. The molecule has 0 aliphatic carbocycles. The molecule has 122 valence electrons. The Hall–Kier alpha value is -2.49. The van der Waals surface area contributed by atoms with E-state index in [9.17, 15) is 9.90 Å². The van der Waals surface area contributed by atoms with Gasteiger partial charge in [0.2, 0.25) is 0 Å². The molecule has 1 unspecified atom stereocenters. The molecule has 0 fully saturated rings. The topological polar surface area (TPSA) is 72.5 Å². The van der Waals surface area contributed by atoms with Crippen LogP contribution in [0.3, 0.4) is 0 Å². The van der Waals surface area contributed by atoms with Gasteiger partial charge in [0.25, 0.3) is 0 Å². The molecule has 0 saturated heterocycles. The first kappa shape index (κ1) is 16.9. The molecular weight excluding hydrogens is 290 g/mol. The highest BCUT2D eigenvalue weighted by Crippen LogP contribution is 2.35. The summed E-state index contributed by atoms with van der Waals surface area (Å²) in [5.74, 6) is -0.466. The van der Waals surface area contributed by atoms with Crippen LogP contribution in [0.5, 0.6) is 5.75 Å². The van der Waals surface area contributed by atoms with E-state index in [1.807, 2.05) is 51.1 Å². The quantitative estimate of drug-likeness (QED) is 0.664. The lowest BCUT2D eigenvalue weighted by Crippen LogP contribution is -2.25. The standard InChI is InChI=1S/C19H23NO3/c1-19(2,3)23-18(22)12-16(13-7-6-8-14(20)11-13)15-9-4-5-10-17(15)21/h4-11,16,21H,12,20H2,1-3H3. The van der Waals surface area contributed by atoms with E-state index in [1.54, 1.807) is 18.2 Å². The van der Waals surface area contributed by atoms with Gasteiger partial charge in [-0.2, -0.15) is 0 Å². The summed E-state index contributed by atoms with van der Waals surface area (Å²) in [5.41, 5.74) is 7.50. The smallest absolute Gasteiger partial charge is 0.307 e. The minimum atomic E-state index is -0.546. The summed E-state index contributed by atoms with van der Waals surface area (Å²) in [4.78, 5) is 12.3. The summed E-state index contributed by atoms with van der Waals surface area (Å²) in [5, 5.41) is 10.2. The van der Waals surface area contributed by atoms with Crippen LogP contribution in [0.4, 0.5) is 5.69 Å². The second kappa shape index (κ2) is 6.73. The van der Waals surface area contributed by atoms with E-state index in [-0.39, 0.29) is 24.1 Å². The molecule has 1 atom stereocenters. The van der Waals surface area contributed by atoms with Gasteiger partial charge >= 0.3 is 5.97 Å². The van der Waals surface area contributed by atoms with Gasteiger partial charge in [-0.3, -0.25) is 4.79 Å². The molecule has 0 radical (unpaired) electrons. The fourth-order valence-electron chi connectivity index (χ4n) is 2.52. The second-order valence-electron chi connectivity index (χ2n) is 6.57. The number of phenols is 1. The zero-order valence-electron chi connectivity index (χ0n) is 13.7. The fraction of sp³-hybridized carbons (Fsp3) is 0.316. The zero-order chi connectivity index (χ0) is 17.0. The highest BCUT2D eigenvalue weighted by atomic mass is 16.6. The van der Waals surface area contributed by atoms with Crippen LogP contribution in [-0.4, -0.2) is 16.7 Å². The molecule has 0 aliphatic rings. The number of aromatic hydroxyl groups is 1. The minimum absolute atomic E-state index is 0.137. The number of ether oxygens (including phenoxy) is 1. The first-order valence-corrected chi connectivity index (χ1v) is 7.61. The van der Waals surface area contributed by atoms with Crippen molar-refractivity contribution in [2.75, 3.05) is 5.73 Å². The SMILES string of the molecule is CC(C)(C)OC(=O)CC(c1cccc(N)c1)c1ccccc1O. The lowest BCUT2D eigenvalue weighted by molar-refractivity contribution is -0.155. The molecule has 0 bridgehead atoms. The van der Waals surface area contributed by atoms with Crippen molar-refractivity contribution in [2.24, 2.45) is 0 Å². The molecule has 0 aromatic heterocycles. The van der Waals surface area contributed by atoms with Gasteiger partial charge in [-0.05, 0) is 44.5 Å². The molecule has 2 rings (SSSR count). The Morgan fingerprint density at radius 1 is 1.17 bits per heavy atom. The van der Waals surface area contributed by atoms with Crippen molar-refractivity contribution in [2.45, 2.75) is 38.7 Å². The third kappa shape index (κ3) is 4.74. The van der Waals surface area contributed by atoms with Gasteiger partial charge in [0.15, 0.2) is 0 Å². The minimum Gasteiger partial charge on any atom is -0.508 e. The molecule has 0 heterocycles. The van der Waals surface area contributed by atoms with Crippen molar-refractivity contribution in [3.05, 3.63) is 59.7 Å². The van der Waals surface area contributed by atoms with Crippen molar-refractivity contribution < 1.29 is 14.6 Å². The van der Waals surface area contributed by atoms with Crippen LogP contribution < -0.4 is 5.73 Å². The number of nitrogens with two attached hydrogens (primary N) is 1.